The molecule has 0 radical (unpaired) electrons. The molecule has 0 fully saturated rings. The summed E-state index contributed by atoms with van der Waals surface area (Å²) in [5, 5.41) is 4.63. The molecule has 1 aromatic heterocycles. The number of halogens is 2. The van der Waals surface area contributed by atoms with Crippen LogP contribution < -0.4 is 15.0 Å². The van der Waals surface area contributed by atoms with Gasteiger partial charge in [0.25, 0.3) is 5.56 Å². The third-order valence-corrected chi connectivity index (χ3v) is 3.96. The maximum atomic E-state index is 12.0. The van der Waals surface area contributed by atoms with Crippen LogP contribution in [-0.4, -0.2) is 23.0 Å². The number of aryl methyl sites for hydroxylation is 1. The van der Waals surface area contributed by atoms with Crippen molar-refractivity contribution in [3.8, 4) is 17.2 Å². The van der Waals surface area contributed by atoms with E-state index >= 15 is 0 Å². The Labute approximate surface area is 128 Å². The Balaban J connectivity index is 2.18. The maximum Gasteiger partial charge on any atom is 0.272 e. The molecular formula is C13H10BrClN2O3. The van der Waals surface area contributed by atoms with Crippen LogP contribution in [0.15, 0.2) is 27.5 Å². The summed E-state index contributed by atoms with van der Waals surface area (Å²) in [6.07, 6.45) is 0. The monoisotopic (exact) mass is 356 g/mol. The highest BCUT2D eigenvalue weighted by molar-refractivity contribution is 9.10. The first-order valence-corrected chi connectivity index (χ1v) is 7.09. The second-order valence-corrected chi connectivity index (χ2v) is 5.54. The highest BCUT2D eigenvalue weighted by Crippen LogP contribution is 2.38. The third kappa shape index (κ3) is 2.29. The van der Waals surface area contributed by atoms with Crippen molar-refractivity contribution in [2.75, 3.05) is 13.2 Å². The van der Waals surface area contributed by atoms with Gasteiger partial charge >= 0.3 is 0 Å². The fourth-order valence-corrected chi connectivity index (χ4v) is 2.46. The van der Waals surface area contributed by atoms with Crippen LogP contribution in [0.5, 0.6) is 11.5 Å². The zero-order valence-corrected chi connectivity index (χ0v) is 12.9. The molecule has 7 heteroatoms. The second-order valence-electron chi connectivity index (χ2n) is 4.28. The van der Waals surface area contributed by atoms with Crippen molar-refractivity contribution in [3.63, 3.8) is 0 Å². The van der Waals surface area contributed by atoms with E-state index in [1.165, 1.54) is 10.7 Å². The smallest absolute Gasteiger partial charge is 0.272 e. The topological polar surface area (TPSA) is 53.4 Å². The quantitative estimate of drug-likeness (QED) is 0.787. The molecule has 0 saturated carbocycles. The first-order chi connectivity index (χ1) is 9.56. The molecule has 0 atom stereocenters. The Morgan fingerprint density at radius 3 is 2.85 bits per heavy atom. The summed E-state index contributed by atoms with van der Waals surface area (Å²) >= 11 is 9.44. The lowest BCUT2D eigenvalue weighted by Crippen LogP contribution is -2.22. The van der Waals surface area contributed by atoms with Crippen molar-refractivity contribution < 1.29 is 9.47 Å². The molecule has 0 N–H and O–H groups in total. The average molecular weight is 358 g/mol. The largest absolute Gasteiger partial charge is 0.486 e. The minimum absolute atomic E-state index is 0.254. The summed E-state index contributed by atoms with van der Waals surface area (Å²) in [4.78, 5) is 12.0. The number of benzene rings is 1. The van der Waals surface area contributed by atoms with Gasteiger partial charge in [0.1, 0.15) is 13.2 Å². The highest BCUT2D eigenvalue weighted by atomic mass is 79.9. The Morgan fingerprint density at radius 2 is 2.05 bits per heavy atom. The summed E-state index contributed by atoms with van der Waals surface area (Å²) in [5.41, 5.74) is 0.991. The Morgan fingerprint density at radius 1 is 1.30 bits per heavy atom. The zero-order chi connectivity index (χ0) is 14.3. The number of hydrogen-bond donors (Lipinski definition) is 0. The summed E-state index contributed by atoms with van der Waals surface area (Å²) in [7, 11) is 0. The fourth-order valence-electron chi connectivity index (χ4n) is 1.93. The molecule has 3 rings (SSSR count). The van der Waals surface area contributed by atoms with Gasteiger partial charge in [-0.25, -0.2) is 0 Å². The number of rotatable bonds is 1. The molecule has 1 aliphatic rings. The lowest BCUT2D eigenvalue weighted by molar-refractivity contribution is 0.171. The third-order valence-electron chi connectivity index (χ3n) is 2.88. The summed E-state index contributed by atoms with van der Waals surface area (Å²) in [6.45, 7) is 2.72. The van der Waals surface area contributed by atoms with Crippen LogP contribution in [0.4, 0.5) is 0 Å². The van der Waals surface area contributed by atoms with Gasteiger partial charge in [0.05, 0.1) is 16.4 Å². The van der Waals surface area contributed by atoms with Gasteiger partial charge in [-0.2, -0.15) is 9.78 Å². The standard InChI is InChI=1S/C13H10BrClN2O3/c1-7-9(14)6-12(18)17(16-7)8-4-10(15)13-11(5-8)19-2-3-20-13/h4-6H,2-3H2,1H3. The normalized spacial score (nSPS) is 13.3. The molecule has 0 amide bonds. The van der Waals surface area contributed by atoms with E-state index in [1.807, 2.05) is 0 Å². The molecule has 5 nitrogen and oxygen atoms in total. The molecule has 0 spiro atoms. The van der Waals surface area contributed by atoms with Crippen LogP contribution in [-0.2, 0) is 0 Å². The predicted octanol–water partition coefficient (Wildman–Crippen LogP) is 2.73. The zero-order valence-electron chi connectivity index (χ0n) is 10.5. The van der Waals surface area contributed by atoms with E-state index in [2.05, 4.69) is 21.0 Å². The summed E-state index contributed by atoms with van der Waals surface area (Å²) in [5.74, 6) is 1.02. The van der Waals surface area contributed by atoms with Gasteiger partial charge in [-0.05, 0) is 28.9 Å². The molecule has 2 aromatic rings. The van der Waals surface area contributed by atoms with E-state index < -0.39 is 0 Å². The van der Waals surface area contributed by atoms with E-state index in [9.17, 15) is 4.79 Å². The lowest BCUT2D eigenvalue weighted by atomic mass is 10.2. The predicted molar refractivity (Wildman–Crippen MR) is 78.3 cm³/mol. The van der Waals surface area contributed by atoms with E-state index in [1.54, 1.807) is 19.1 Å². The summed E-state index contributed by atoms with van der Waals surface area (Å²) in [6, 6.07) is 4.80. The van der Waals surface area contributed by atoms with E-state index in [-0.39, 0.29) is 5.56 Å². The molecule has 0 bridgehead atoms. The summed E-state index contributed by atoms with van der Waals surface area (Å²) < 4.78 is 12.9. The molecule has 2 heterocycles. The van der Waals surface area contributed by atoms with Gasteiger partial charge < -0.3 is 9.47 Å². The molecule has 0 saturated heterocycles. The number of hydrogen-bond acceptors (Lipinski definition) is 4. The molecule has 1 aliphatic heterocycles. The average Bonchev–Trinajstić information content (AvgIpc) is 2.43. The maximum absolute atomic E-state index is 12.0. The first kappa shape index (κ1) is 13.5. The molecule has 1 aromatic carbocycles. The van der Waals surface area contributed by atoms with Crippen molar-refractivity contribution in [1.82, 2.24) is 9.78 Å². The lowest BCUT2D eigenvalue weighted by Gasteiger charge is -2.20. The van der Waals surface area contributed by atoms with Crippen LogP contribution in [0.3, 0.4) is 0 Å². The van der Waals surface area contributed by atoms with Gasteiger partial charge in [-0.3, -0.25) is 4.79 Å². The molecule has 0 aliphatic carbocycles. The number of ether oxygens (including phenoxy) is 2. The van der Waals surface area contributed by atoms with E-state index in [4.69, 9.17) is 21.1 Å². The SMILES string of the molecule is Cc1nn(-c2cc(Cl)c3c(c2)OCCO3)c(=O)cc1Br. The molecule has 104 valence electrons. The van der Waals surface area contributed by atoms with Gasteiger partial charge in [0.15, 0.2) is 11.5 Å². The minimum Gasteiger partial charge on any atom is -0.486 e. The van der Waals surface area contributed by atoms with Gasteiger partial charge in [0, 0.05) is 16.6 Å². The van der Waals surface area contributed by atoms with Crippen molar-refractivity contribution in [1.29, 1.82) is 0 Å². The van der Waals surface area contributed by atoms with Crippen LogP contribution in [0.2, 0.25) is 5.02 Å². The molecule has 20 heavy (non-hydrogen) atoms. The van der Waals surface area contributed by atoms with E-state index in [0.29, 0.717) is 45.6 Å². The first-order valence-electron chi connectivity index (χ1n) is 5.92. The van der Waals surface area contributed by atoms with Crippen molar-refractivity contribution in [2.45, 2.75) is 6.92 Å². The fraction of sp³-hybridized carbons (Fsp3) is 0.231. The van der Waals surface area contributed by atoms with Crippen molar-refractivity contribution in [3.05, 3.63) is 43.7 Å². The van der Waals surface area contributed by atoms with Crippen LogP contribution in [0.25, 0.3) is 5.69 Å². The van der Waals surface area contributed by atoms with Crippen molar-refractivity contribution >= 4 is 27.5 Å². The second kappa shape index (κ2) is 5.10. The Hall–Kier alpha value is -1.53. The number of nitrogens with zero attached hydrogens (tertiary/aromatic N) is 2. The molecular weight excluding hydrogens is 348 g/mol. The minimum atomic E-state index is -0.254. The number of aromatic nitrogens is 2. The Bertz CT molecular complexity index is 745. The van der Waals surface area contributed by atoms with Crippen molar-refractivity contribution in [2.24, 2.45) is 0 Å². The number of fused-ring (bicyclic) bond motifs is 1. The van der Waals surface area contributed by atoms with Crippen LogP contribution in [0.1, 0.15) is 5.69 Å². The van der Waals surface area contributed by atoms with Gasteiger partial charge in [-0.15, -0.1) is 0 Å². The molecule has 0 unspecified atom stereocenters. The van der Waals surface area contributed by atoms with Crippen LogP contribution >= 0.6 is 27.5 Å². The Kier molecular flexibility index (Phi) is 3.43. The van der Waals surface area contributed by atoms with Gasteiger partial charge in [0.2, 0.25) is 0 Å². The van der Waals surface area contributed by atoms with Crippen LogP contribution in [0, 0.1) is 6.92 Å². The highest BCUT2D eigenvalue weighted by Gasteiger charge is 2.18. The van der Waals surface area contributed by atoms with Gasteiger partial charge in [-0.1, -0.05) is 11.6 Å². The van der Waals surface area contributed by atoms with E-state index in [0.717, 1.165) is 0 Å².